The highest BCUT2D eigenvalue weighted by molar-refractivity contribution is 5.89. The molecule has 132 valence electrons. The van der Waals surface area contributed by atoms with Crippen LogP contribution in [0.3, 0.4) is 0 Å². The molecule has 2 aliphatic rings. The number of hydrogen-bond acceptors (Lipinski definition) is 4. The van der Waals surface area contributed by atoms with Crippen molar-refractivity contribution in [2.24, 2.45) is 0 Å². The Labute approximate surface area is 147 Å². The van der Waals surface area contributed by atoms with Crippen LogP contribution < -0.4 is 10.1 Å². The molecule has 1 unspecified atom stereocenters. The second-order valence-electron chi connectivity index (χ2n) is 6.65. The first-order valence-electron chi connectivity index (χ1n) is 8.92. The lowest BCUT2D eigenvalue weighted by Gasteiger charge is -2.18. The third-order valence-corrected chi connectivity index (χ3v) is 4.80. The summed E-state index contributed by atoms with van der Waals surface area (Å²) < 4.78 is 7.59. The molecule has 1 aliphatic heterocycles. The molecule has 1 aliphatic carbocycles. The number of benzene rings is 1. The highest BCUT2D eigenvalue weighted by Crippen LogP contribution is 2.40. The zero-order chi connectivity index (χ0) is 17.2. The van der Waals surface area contributed by atoms with E-state index in [-0.39, 0.29) is 12.1 Å². The number of nitrogens with zero attached hydrogens (tertiary/aromatic N) is 4. The van der Waals surface area contributed by atoms with Crippen molar-refractivity contribution in [3.05, 3.63) is 36.4 Å². The van der Waals surface area contributed by atoms with Gasteiger partial charge in [-0.15, -0.1) is 10.2 Å². The van der Waals surface area contributed by atoms with Crippen molar-refractivity contribution in [1.82, 2.24) is 19.7 Å². The monoisotopic (exact) mass is 341 g/mol. The Morgan fingerprint density at radius 1 is 1.28 bits per heavy atom. The first kappa shape index (κ1) is 15.9. The van der Waals surface area contributed by atoms with Crippen LogP contribution in [-0.2, 0) is 0 Å². The smallest absolute Gasteiger partial charge is 0.321 e. The molecule has 7 nitrogen and oxygen atoms in total. The van der Waals surface area contributed by atoms with Gasteiger partial charge in [0.15, 0.2) is 0 Å². The number of nitrogens with one attached hydrogen (secondary N) is 1. The lowest BCUT2D eigenvalue weighted by atomic mass is 10.2. The topological polar surface area (TPSA) is 72.3 Å². The summed E-state index contributed by atoms with van der Waals surface area (Å²) in [6.07, 6.45) is 5.15. The highest BCUT2D eigenvalue weighted by atomic mass is 16.5. The molecule has 7 heteroatoms. The molecule has 0 spiro atoms. The predicted molar refractivity (Wildman–Crippen MR) is 93.9 cm³/mol. The van der Waals surface area contributed by atoms with Crippen LogP contribution in [0.1, 0.15) is 44.0 Å². The maximum Gasteiger partial charge on any atom is 0.321 e. The second kappa shape index (κ2) is 6.74. The van der Waals surface area contributed by atoms with Crippen molar-refractivity contribution in [2.75, 3.05) is 25.0 Å². The molecule has 4 rings (SSSR count). The van der Waals surface area contributed by atoms with Crippen LogP contribution in [-0.4, -0.2) is 45.4 Å². The van der Waals surface area contributed by atoms with E-state index in [4.69, 9.17) is 4.74 Å². The normalized spacial score (nSPS) is 19.9. The number of rotatable bonds is 5. The quantitative estimate of drug-likeness (QED) is 0.907. The van der Waals surface area contributed by atoms with Gasteiger partial charge in [-0.1, -0.05) is 0 Å². The second-order valence-corrected chi connectivity index (χ2v) is 6.65. The van der Waals surface area contributed by atoms with E-state index >= 15 is 0 Å². The number of ether oxygens (including phenoxy) is 1. The van der Waals surface area contributed by atoms with Crippen molar-refractivity contribution >= 4 is 11.7 Å². The number of hydrogen-bond donors (Lipinski definition) is 1. The number of anilines is 1. The molecule has 1 saturated heterocycles. The largest absolute Gasteiger partial charge is 0.494 e. The van der Waals surface area contributed by atoms with Crippen LogP contribution in [0.4, 0.5) is 10.5 Å². The molecule has 2 fully saturated rings. The first-order chi connectivity index (χ1) is 12.2. The van der Waals surface area contributed by atoms with E-state index in [1.165, 1.54) is 12.8 Å². The van der Waals surface area contributed by atoms with Gasteiger partial charge in [0.2, 0.25) is 0 Å². The fourth-order valence-electron chi connectivity index (χ4n) is 3.32. The molecule has 1 N–H and O–H groups in total. The van der Waals surface area contributed by atoms with Crippen molar-refractivity contribution in [1.29, 1.82) is 0 Å². The molecule has 2 amide bonds. The van der Waals surface area contributed by atoms with E-state index in [0.29, 0.717) is 19.1 Å². The van der Waals surface area contributed by atoms with Gasteiger partial charge < -0.3 is 19.5 Å². The minimum atomic E-state index is -0.0623. The van der Waals surface area contributed by atoms with E-state index in [9.17, 15) is 4.79 Å². The average molecular weight is 341 g/mol. The predicted octanol–water partition coefficient (Wildman–Crippen LogP) is 3.03. The lowest BCUT2D eigenvalue weighted by molar-refractivity contribution is 0.221. The summed E-state index contributed by atoms with van der Waals surface area (Å²) in [7, 11) is 0. The minimum absolute atomic E-state index is 0.0623. The number of carbonyl (C=O) groups excluding carboxylic acids is 1. The Hall–Kier alpha value is -2.57. The molecule has 1 aromatic carbocycles. The van der Waals surface area contributed by atoms with E-state index in [2.05, 4.69) is 20.1 Å². The van der Waals surface area contributed by atoms with Gasteiger partial charge in [-0.3, -0.25) is 0 Å². The van der Waals surface area contributed by atoms with Crippen LogP contribution in [0.5, 0.6) is 5.75 Å². The van der Waals surface area contributed by atoms with Gasteiger partial charge in [-0.2, -0.15) is 0 Å². The maximum atomic E-state index is 12.5. The molecular weight excluding hydrogens is 318 g/mol. The van der Waals surface area contributed by atoms with E-state index < -0.39 is 0 Å². The highest BCUT2D eigenvalue weighted by Gasteiger charge is 2.34. The van der Waals surface area contributed by atoms with E-state index in [1.54, 1.807) is 0 Å². The van der Waals surface area contributed by atoms with Crippen LogP contribution in [0, 0.1) is 0 Å². The zero-order valence-electron chi connectivity index (χ0n) is 14.4. The summed E-state index contributed by atoms with van der Waals surface area (Å²) >= 11 is 0. The van der Waals surface area contributed by atoms with Crippen molar-refractivity contribution in [2.45, 2.75) is 38.1 Å². The van der Waals surface area contributed by atoms with Gasteiger partial charge in [0, 0.05) is 24.7 Å². The van der Waals surface area contributed by atoms with Gasteiger partial charge in [-0.25, -0.2) is 4.79 Å². The Morgan fingerprint density at radius 2 is 2.08 bits per heavy atom. The Morgan fingerprint density at radius 3 is 2.80 bits per heavy atom. The number of likely N-dealkylation sites (tertiary alicyclic amines) is 1. The van der Waals surface area contributed by atoms with Gasteiger partial charge in [0.25, 0.3) is 0 Å². The lowest BCUT2D eigenvalue weighted by Crippen LogP contribution is -2.33. The molecule has 0 bridgehead atoms. The third kappa shape index (κ3) is 3.45. The Balaban J connectivity index is 1.36. The number of carbonyl (C=O) groups is 1. The van der Waals surface area contributed by atoms with E-state index in [0.717, 1.165) is 30.2 Å². The molecule has 2 aromatic rings. The maximum absolute atomic E-state index is 12.5. The summed E-state index contributed by atoms with van der Waals surface area (Å²) in [5.74, 6) is 2.45. The number of urea groups is 1. The molecule has 2 heterocycles. The Bertz CT molecular complexity index is 738. The molecule has 1 aromatic heterocycles. The summed E-state index contributed by atoms with van der Waals surface area (Å²) in [6.45, 7) is 4.02. The van der Waals surface area contributed by atoms with Crippen LogP contribution >= 0.6 is 0 Å². The average Bonchev–Trinajstić information content (AvgIpc) is 3.15. The summed E-state index contributed by atoms with van der Waals surface area (Å²) in [6, 6.07) is 7.67. The van der Waals surface area contributed by atoms with E-state index in [1.807, 2.05) is 42.4 Å². The molecule has 25 heavy (non-hydrogen) atoms. The Kier molecular flexibility index (Phi) is 4.29. The molecule has 1 atom stereocenters. The zero-order valence-corrected chi connectivity index (χ0v) is 14.4. The first-order valence-corrected chi connectivity index (χ1v) is 8.92. The molecule has 1 saturated carbocycles. The van der Waals surface area contributed by atoms with Crippen molar-refractivity contribution in [3.63, 3.8) is 0 Å². The molecular formula is C18H23N5O2. The minimum Gasteiger partial charge on any atom is -0.494 e. The van der Waals surface area contributed by atoms with Gasteiger partial charge in [0.05, 0.1) is 12.6 Å². The molecule has 0 radical (unpaired) electrons. The summed E-state index contributed by atoms with van der Waals surface area (Å²) in [4.78, 5) is 14.4. The van der Waals surface area contributed by atoms with Crippen molar-refractivity contribution in [3.8, 4) is 5.75 Å². The summed E-state index contributed by atoms with van der Waals surface area (Å²) in [5.41, 5.74) is 0.778. The standard InChI is InChI=1S/C18H23N5O2/c1-2-25-16-7-5-14(6-8-16)20-18(24)22-10-9-15(11-22)23-12-19-21-17(23)13-3-4-13/h5-8,12-13,15H,2-4,9-11H2,1H3,(H,20,24). The fourth-order valence-corrected chi connectivity index (χ4v) is 3.32. The SMILES string of the molecule is CCOc1ccc(NC(=O)N2CCC(n3cnnc3C3CC3)C2)cc1. The van der Waals surface area contributed by atoms with Crippen LogP contribution in [0.2, 0.25) is 0 Å². The van der Waals surface area contributed by atoms with Gasteiger partial charge >= 0.3 is 6.03 Å². The fraction of sp³-hybridized carbons (Fsp3) is 0.500. The van der Waals surface area contributed by atoms with Crippen LogP contribution in [0.15, 0.2) is 30.6 Å². The summed E-state index contributed by atoms with van der Waals surface area (Å²) in [5, 5.41) is 11.3. The number of amides is 2. The van der Waals surface area contributed by atoms with Crippen molar-refractivity contribution < 1.29 is 9.53 Å². The van der Waals surface area contributed by atoms with Gasteiger partial charge in [-0.05, 0) is 50.5 Å². The number of aromatic nitrogens is 3. The third-order valence-electron chi connectivity index (χ3n) is 4.80. The van der Waals surface area contributed by atoms with Gasteiger partial charge in [0.1, 0.15) is 17.9 Å². The van der Waals surface area contributed by atoms with Crippen LogP contribution in [0.25, 0.3) is 0 Å².